The molecule has 0 spiro atoms. The van der Waals surface area contributed by atoms with Crippen molar-refractivity contribution in [1.82, 2.24) is 14.5 Å². The van der Waals surface area contributed by atoms with E-state index < -0.39 is 11.7 Å². The second kappa shape index (κ2) is 11.0. The fraction of sp³-hybridized carbons (Fsp3) is 0.333. The first-order valence-electron chi connectivity index (χ1n) is 13.0. The molecule has 1 amide bonds. The van der Waals surface area contributed by atoms with E-state index in [1.807, 2.05) is 18.2 Å². The lowest BCUT2D eigenvalue weighted by Crippen LogP contribution is -2.34. The zero-order chi connectivity index (χ0) is 26.7. The summed E-state index contributed by atoms with van der Waals surface area (Å²) in [5.41, 5.74) is 3.50. The van der Waals surface area contributed by atoms with E-state index in [-0.39, 0.29) is 18.2 Å². The molecule has 3 aromatic carbocycles. The largest absolute Gasteiger partial charge is 0.326 e. The number of piperidine rings is 1. The number of nitrogens with zero attached hydrogens (tertiary/aromatic N) is 3. The van der Waals surface area contributed by atoms with Gasteiger partial charge in [-0.05, 0) is 98.9 Å². The summed E-state index contributed by atoms with van der Waals surface area (Å²) in [6.07, 6.45) is 1.90. The van der Waals surface area contributed by atoms with Crippen molar-refractivity contribution in [3.8, 4) is 5.69 Å². The van der Waals surface area contributed by atoms with Crippen LogP contribution in [0.5, 0.6) is 0 Å². The van der Waals surface area contributed by atoms with Gasteiger partial charge in [0.2, 0.25) is 5.91 Å². The summed E-state index contributed by atoms with van der Waals surface area (Å²) in [5.74, 6) is -3.59. The first-order valence-corrected chi connectivity index (χ1v) is 13.0. The zero-order valence-electron chi connectivity index (χ0n) is 21.3. The average Bonchev–Trinajstić information content (AvgIpc) is 3.30. The van der Waals surface area contributed by atoms with E-state index in [0.717, 1.165) is 31.6 Å². The molecule has 5 nitrogen and oxygen atoms in total. The number of halogens is 3. The van der Waals surface area contributed by atoms with Gasteiger partial charge in [-0.15, -0.1) is 0 Å². The SMILES string of the molecule is CC(=O)Nc1cccc(C2CCN(CCCC(F)(F)c3nc4ccccc4n3-c3ccc(F)cc3)CC2)c1. The number of carbonyl (C=O) groups excluding carboxylic acids is 1. The van der Waals surface area contributed by atoms with Gasteiger partial charge in [-0.1, -0.05) is 24.3 Å². The van der Waals surface area contributed by atoms with Gasteiger partial charge >= 0.3 is 5.92 Å². The number of anilines is 1. The van der Waals surface area contributed by atoms with Crippen molar-refractivity contribution in [2.75, 3.05) is 25.0 Å². The molecule has 1 aliphatic rings. The highest BCUT2D eigenvalue weighted by atomic mass is 19.3. The molecule has 0 aliphatic carbocycles. The van der Waals surface area contributed by atoms with Gasteiger partial charge in [0.15, 0.2) is 5.82 Å². The number of carbonyl (C=O) groups is 1. The highest BCUT2D eigenvalue weighted by Gasteiger charge is 2.38. The molecule has 4 aromatic rings. The topological polar surface area (TPSA) is 50.2 Å². The van der Waals surface area contributed by atoms with E-state index in [2.05, 4.69) is 21.3 Å². The maximum absolute atomic E-state index is 15.6. The summed E-state index contributed by atoms with van der Waals surface area (Å²) in [6.45, 7) is 3.77. The number of nitrogens with one attached hydrogen (secondary N) is 1. The van der Waals surface area contributed by atoms with Gasteiger partial charge in [0.25, 0.3) is 0 Å². The monoisotopic (exact) mass is 520 g/mol. The highest BCUT2D eigenvalue weighted by Crippen LogP contribution is 2.37. The van der Waals surface area contributed by atoms with Crippen molar-refractivity contribution >= 4 is 22.6 Å². The van der Waals surface area contributed by atoms with Gasteiger partial charge in [0.05, 0.1) is 11.0 Å². The first-order chi connectivity index (χ1) is 18.3. The number of imidazole rings is 1. The quantitative estimate of drug-likeness (QED) is 0.276. The average molecular weight is 521 g/mol. The lowest BCUT2D eigenvalue weighted by molar-refractivity contribution is -0.114. The molecule has 2 heterocycles. The third-order valence-corrected chi connectivity index (χ3v) is 7.20. The van der Waals surface area contributed by atoms with Gasteiger partial charge in [-0.3, -0.25) is 9.36 Å². The fourth-order valence-electron chi connectivity index (χ4n) is 5.32. The molecule has 0 radical (unpaired) electrons. The number of hydrogen-bond donors (Lipinski definition) is 1. The van der Waals surface area contributed by atoms with Gasteiger partial charge in [0.1, 0.15) is 5.82 Å². The summed E-state index contributed by atoms with van der Waals surface area (Å²) in [7, 11) is 0. The maximum Gasteiger partial charge on any atom is 0.305 e. The lowest BCUT2D eigenvalue weighted by Gasteiger charge is -2.32. The summed E-state index contributed by atoms with van der Waals surface area (Å²) in [6, 6.07) is 20.5. The summed E-state index contributed by atoms with van der Waals surface area (Å²) < 4.78 is 46.1. The number of rotatable bonds is 8. The van der Waals surface area contributed by atoms with Crippen LogP contribution in [0.3, 0.4) is 0 Å². The number of benzene rings is 3. The van der Waals surface area contributed by atoms with Crippen LogP contribution in [0, 0.1) is 5.82 Å². The standard InChI is InChI=1S/C30H31F3N4O/c1-21(38)34-25-7-4-6-23(20-25)22-14-18-36(19-15-22)17-5-16-30(32,33)29-35-27-8-2-3-9-28(27)37(29)26-12-10-24(31)11-13-26/h2-4,6-13,20,22H,5,14-19H2,1H3,(H,34,38). The van der Waals surface area contributed by atoms with Crippen LogP contribution >= 0.6 is 0 Å². The number of fused-ring (bicyclic) bond motifs is 1. The van der Waals surface area contributed by atoms with Gasteiger partial charge in [0, 0.05) is 24.7 Å². The van der Waals surface area contributed by atoms with Gasteiger partial charge in [-0.25, -0.2) is 9.37 Å². The molecular weight excluding hydrogens is 489 g/mol. The zero-order valence-corrected chi connectivity index (χ0v) is 21.3. The van der Waals surface area contributed by atoms with Crippen LogP contribution in [0.1, 0.15) is 49.9 Å². The predicted molar refractivity (Wildman–Crippen MR) is 143 cm³/mol. The smallest absolute Gasteiger partial charge is 0.305 e. The Hall–Kier alpha value is -3.65. The van der Waals surface area contributed by atoms with Crippen molar-refractivity contribution in [3.63, 3.8) is 0 Å². The molecule has 0 atom stereocenters. The Labute approximate surface area is 220 Å². The number of hydrogen-bond acceptors (Lipinski definition) is 3. The van der Waals surface area contributed by atoms with Crippen LogP contribution in [-0.4, -0.2) is 40.0 Å². The van der Waals surface area contributed by atoms with E-state index in [0.29, 0.717) is 35.6 Å². The van der Waals surface area contributed by atoms with Crippen LogP contribution in [0.2, 0.25) is 0 Å². The van der Waals surface area contributed by atoms with Crippen molar-refractivity contribution in [3.05, 3.63) is 90.0 Å². The van der Waals surface area contributed by atoms with E-state index in [1.54, 1.807) is 24.3 Å². The number of alkyl halides is 2. The molecular formula is C30H31F3N4O. The first kappa shape index (κ1) is 26.0. The minimum absolute atomic E-state index is 0.0954. The van der Waals surface area contributed by atoms with Crippen LogP contribution in [-0.2, 0) is 10.7 Å². The Balaban J connectivity index is 1.22. The van der Waals surface area contributed by atoms with Crippen LogP contribution < -0.4 is 5.32 Å². The molecule has 1 aromatic heterocycles. The molecule has 0 bridgehead atoms. The summed E-state index contributed by atoms with van der Waals surface area (Å²) >= 11 is 0. The second-order valence-electron chi connectivity index (χ2n) is 9.97. The Morgan fingerprint density at radius 2 is 1.76 bits per heavy atom. The second-order valence-corrected chi connectivity index (χ2v) is 9.97. The van der Waals surface area contributed by atoms with Crippen molar-refractivity contribution in [1.29, 1.82) is 0 Å². The fourth-order valence-corrected chi connectivity index (χ4v) is 5.32. The Bertz CT molecular complexity index is 1410. The molecule has 8 heteroatoms. The third kappa shape index (κ3) is 5.75. The molecule has 1 aliphatic heterocycles. The van der Waals surface area contributed by atoms with Gasteiger partial charge in [-0.2, -0.15) is 8.78 Å². The minimum Gasteiger partial charge on any atom is -0.326 e. The summed E-state index contributed by atoms with van der Waals surface area (Å²) in [4.78, 5) is 17.9. The predicted octanol–water partition coefficient (Wildman–Crippen LogP) is 6.87. The van der Waals surface area contributed by atoms with Crippen LogP contribution in [0.4, 0.5) is 18.9 Å². The van der Waals surface area contributed by atoms with Gasteiger partial charge < -0.3 is 10.2 Å². The molecule has 0 saturated carbocycles. The molecule has 0 unspecified atom stereocenters. The van der Waals surface area contributed by atoms with E-state index in [1.165, 1.54) is 41.3 Å². The Morgan fingerprint density at radius 1 is 1.03 bits per heavy atom. The Kier molecular flexibility index (Phi) is 7.51. The normalized spacial score (nSPS) is 15.2. The van der Waals surface area contributed by atoms with Crippen LogP contribution in [0.15, 0.2) is 72.8 Å². The molecule has 1 N–H and O–H groups in total. The van der Waals surface area contributed by atoms with Crippen molar-refractivity contribution < 1.29 is 18.0 Å². The van der Waals surface area contributed by atoms with E-state index in [9.17, 15) is 9.18 Å². The minimum atomic E-state index is -3.14. The number of amides is 1. The lowest BCUT2D eigenvalue weighted by atomic mass is 9.89. The third-order valence-electron chi connectivity index (χ3n) is 7.20. The maximum atomic E-state index is 15.6. The summed E-state index contributed by atoms with van der Waals surface area (Å²) in [5, 5.41) is 2.83. The van der Waals surface area contributed by atoms with E-state index in [4.69, 9.17) is 0 Å². The van der Waals surface area contributed by atoms with Crippen molar-refractivity contribution in [2.45, 2.75) is 44.4 Å². The number of aromatic nitrogens is 2. The van der Waals surface area contributed by atoms with Crippen molar-refractivity contribution in [2.24, 2.45) is 0 Å². The highest BCUT2D eigenvalue weighted by molar-refractivity contribution is 5.88. The molecule has 1 fully saturated rings. The molecule has 38 heavy (non-hydrogen) atoms. The Morgan fingerprint density at radius 3 is 2.50 bits per heavy atom. The van der Waals surface area contributed by atoms with E-state index >= 15 is 8.78 Å². The number of para-hydroxylation sites is 2. The molecule has 5 rings (SSSR count). The molecule has 1 saturated heterocycles. The number of likely N-dealkylation sites (tertiary alicyclic amines) is 1. The molecule has 198 valence electrons. The van der Waals surface area contributed by atoms with Crippen LogP contribution in [0.25, 0.3) is 16.7 Å².